The van der Waals surface area contributed by atoms with Gasteiger partial charge in [-0.15, -0.1) is 0 Å². The SMILES string of the molecule is O=C1NC(=NC2CC2)NC12CCC(C(F)(F)F)CC2. The van der Waals surface area contributed by atoms with Crippen LogP contribution in [0.2, 0.25) is 0 Å². The molecule has 19 heavy (non-hydrogen) atoms. The third-order valence-electron chi connectivity index (χ3n) is 4.18. The number of hydrogen-bond acceptors (Lipinski definition) is 2. The van der Waals surface area contributed by atoms with Crippen molar-refractivity contribution in [2.24, 2.45) is 10.9 Å². The van der Waals surface area contributed by atoms with Gasteiger partial charge >= 0.3 is 6.18 Å². The van der Waals surface area contributed by atoms with Crippen LogP contribution in [-0.2, 0) is 4.79 Å². The molecule has 106 valence electrons. The summed E-state index contributed by atoms with van der Waals surface area (Å²) in [7, 11) is 0. The van der Waals surface area contributed by atoms with Crippen LogP contribution in [-0.4, -0.2) is 29.6 Å². The Morgan fingerprint density at radius 2 is 1.79 bits per heavy atom. The molecule has 4 nitrogen and oxygen atoms in total. The van der Waals surface area contributed by atoms with Crippen LogP contribution in [0.15, 0.2) is 4.99 Å². The smallest absolute Gasteiger partial charge is 0.342 e. The minimum atomic E-state index is -4.15. The van der Waals surface area contributed by atoms with Crippen molar-refractivity contribution in [2.45, 2.75) is 56.3 Å². The van der Waals surface area contributed by atoms with E-state index < -0.39 is 17.6 Å². The second-order valence-electron chi connectivity index (χ2n) is 5.69. The Morgan fingerprint density at radius 3 is 2.32 bits per heavy atom. The van der Waals surface area contributed by atoms with Gasteiger partial charge in [-0.05, 0) is 38.5 Å². The molecule has 0 radical (unpaired) electrons. The topological polar surface area (TPSA) is 53.5 Å². The fourth-order valence-electron chi connectivity index (χ4n) is 2.78. The van der Waals surface area contributed by atoms with E-state index in [2.05, 4.69) is 15.6 Å². The molecule has 1 spiro atoms. The highest BCUT2D eigenvalue weighted by atomic mass is 19.4. The number of aliphatic imine (C=N–C) groups is 1. The first-order valence-corrected chi connectivity index (χ1v) is 6.63. The van der Waals surface area contributed by atoms with Gasteiger partial charge in [0.05, 0.1) is 12.0 Å². The Labute approximate surface area is 108 Å². The molecule has 1 heterocycles. The van der Waals surface area contributed by atoms with Crippen molar-refractivity contribution < 1.29 is 18.0 Å². The monoisotopic (exact) mass is 275 g/mol. The molecule has 0 aromatic carbocycles. The Kier molecular flexibility index (Phi) is 2.76. The number of guanidine groups is 1. The van der Waals surface area contributed by atoms with E-state index in [-0.39, 0.29) is 37.6 Å². The molecule has 0 bridgehead atoms. The van der Waals surface area contributed by atoms with E-state index in [1.807, 2.05) is 0 Å². The van der Waals surface area contributed by atoms with Crippen molar-refractivity contribution in [3.8, 4) is 0 Å². The average Bonchev–Trinajstić information content (AvgIpc) is 3.07. The third-order valence-corrected chi connectivity index (χ3v) is 4.18. The molecule has 3 rings (SSSR count). The van der Waals surface area contributed by atoms with Gasteiger partial charge in [0.15, 0.2) is 5.96 Å². The highest BCUT2D eigenvalue weighted by Crippen LogP contribution is 2.42. The summed E-state index contributed by atoms with van der Waals surface area (Å²) >= 11 is 0. The Balaban J connectivity index is 1.67. The maximum absolute atomic E-state index is 12.6. The van der Waals surface area contributed by atoms with Crippen LogP contribution in [0.3, 0.4) is 0 Å². The fraction of sp³-hybridized carbons (Fsp3) is 0.833. The number of halogens is 3. The van der Waals surface area contributed by atoms with Crippen molar-refractivity contribution in [2.75, 3.05) is 0 Å². The van der Waals surface area contributed by atoms with E-state index >= 15 is 0 Å². The molecule has 0 atom stereocenters. The normalized spacial score (nSPS) is 37.5. The second-order valence-corrected chi connectivity index (χ2v) is 5.69. The van der Waals surface area contributed by atoms with Crippen LogP contribution in [0, 0.1) is 5.92 Å². The molecule has 0 aromatic heterocycles. The quantitative estimate of drug-likeness (QED) is 0.765. The minimum Gasteiger partial charge on any atom is -0.342 e. The zero-order valence-electron chi connectivity index (χ0n) is 10.4. The molecule has 2 aliphatic carbocycles. The number of hydrogen-bond donors (Lipinski definition) is 2. The van der Waals surface area contributed by atoms with Crippen molar-refractivity contribution in [1.82, 2.24) is 10.6 Å². The lowest BCUT2D eigenvalue weighted by Crippen LogP contribution is -2.50. The molecule has 2 N–H and O–H groups in total. The predicted octanol–water partition coefficient (Wildman–Crippen LogP) is 1.72. The highest BCUT2D eigenvalue weighted by molar-refractivity contribution is 6.09. The number of nitrogens with one attached hydrogen (secondary N) is 2. The Hall–Kier alpha value is -1.27. The summed E-state index contributed by atoms with van der Waals surface area (Å²) in [6.45, 7) is 0. The van der Waals surface area contributed by atoms with Gasteiger partial charge in [0.1, 0.15) is 5.54 Å². The van der Waals surface area contributed by atoms with Gasteiger partial charge in [-0.3, -0.25) is 10.1 Å². The van der Waals surface area contributed by atoms with Gasteiger partial charge < -0.3 is 5.32 Å². The third kappa shape index (κ3) is 2.42. The van der Waals surface area contributed by atoms with Gasteiger partial charge in [0.2, 0.25) is 0 Å². The molecule has 1 saturated heterocycles. The summed E-state index contributed by atoms with van der Waals surface area (Å²) in [6, 6.07) is 0.268. The largest absolute Gasteiger partial charge is 0.391 e. The van der Waals surface area contributed by atoms with Gasteiger partial charge in [0, 0.05) is 0 Å². The molecule has 7 heteroatoms. The summed E-state index contributed by atoms with van der Waals surface area (Å²) < 4.78 is 37.9. The fourth-order valence-corrected chi connectivity index (χ4v) is 2.78. The number of amides is 1. The van der Waals surface area contributed by atoms with Crippen LogP contribution >= 0.6 is 0 Å². The van der Waals surface area contributed by atoms with E-state index in [0.29, 0.717) is 5.96 Å². The van der Waals surface area contributed by atoms with E-state index in [1.54, 1.807) is 0 Å². The van der Waals surface area contributed by atoms with Gasteiger partial charge in [-0.25, -0.2) is 4.99 Å². The lowest BCUT2D eigenvalue weighted by Gasteiger charge is -2.35. The molecular weight excluding hydrogens is 259 g/mol. The average molecular weight is 275 g/mol. The number of nitrogens with zero attached hydrogens (tertiary/aromatic N) is 1. The predicted molar refractivity (Wildman–Crippen MR) is 62.5 cm³/mol. The Morgan fingerprint density at radius 1 is 1.16 bits per heavy atom. The van der Waals surface area contributed by atoms with Crippen LogP contribution in [0.5, 0.6) is 0 Å². The first-order chi connectivity index (χ1) is 8.89. The molecule has 0 aromatic rings. The van der Waals surface area contributed by atoms with Crippen LogP contribution < -0.4 is 10.6 Å². The first kappa shape index (κ1) is 12.7. The number of carbonyl (C=O) groups excluding carboxylic acids is 1. The van der Waals surface area contributed by atoms with Crippen molar-refractivity contribution in [1.29, 1.82) is 0 Å². The van der Waals surface area contributed by atoms with Crippen LogP contribution in [0.1, 0.15) is 38.5 Å². The zero-order valence-corrected chi connectivity index (χ0v) is 10.4. The molecule has 3 aliphatic rings. The van der Waals surface area contributed by atoms with E-state index in [4.69, 9.17) is 0 Å². The summed E-state index contributed by atoms with van der Waals surface area (Å²) in [4.78, 5) is 16.3. The maximum Gasteiger partial charge on any atom is 0.391 e. The summed E-state index contributed by atoms with van der Waals surface area (Å²) in [5.41, 5.74) is -0.866. The standard InChI is InChI=1S/C12H16F3N3O/c13-12(14,15)7-3-5-11(6-4-7)9(19)17-10(18-11)16-8-1-2-8/h7-8H,1-6H2,(H2,16,17,18,19). The summed E-state index contributed by atoms with van der Waals surface area (Å²) in [5, 5.41) is 5.68. The van der Waals surface area contributed by atoms with Gasteiger partial charge in [-0.2, -0.15) is 13.2 Å². The lowest BCUT2D eigenvalue weighted by molar-refractivity contribution is -0.185. The molecule has 0 unspecified atom stereocenters. The molecular formula is C12H16F3N3O. The summed E-state index contributed by atoms with van der Waals surface area (Å²) in [5.74, 6) is -1.07. The molecule has 1 aliphatic heterocycles. The Bertz CT molecular complexity index is 420. The minimum absolute atomic E-state index is 0.000624. The second kappa shape index (κ2) is 4.11. The van der Waals surface area contributed by atoms with E-state index in [0.717, 1.165) is 12.8 Å². The van der Waals surface area contributed by atoms with Crippen molar-refractivity contribution >= 4 is 11.9 Å². The summed E-state index contributed by atoms with van der Waals surface area (Å²) in [6.07, 6.45) is -1.68. The lowest BCUT2D eigenvalue weighted by atomic mass is 9.76. The van der Waals surface area contributed by atoms with Crippen LogP contribution in [0.25, 0.3) is 0 Å². The number of carbonyl (C=O) groups is 1. The zero-order chi connectivity index (χ0) is 13.7. The van der Waals surface area contributed by atoms with E-state index in [1.165, 1.54) is 0 Å². The first-order valence-electron chi connectivity index (χ1n) is 6.63. The maximum atomic E-state index is 12.6. The van der Waals surface area contributed by atoms with Crippen LogP contribution in [0.4, 0.5) is 13.2 Å². The van der Waals surface area contributed by atoms with E-state index in [9.17, 15) is 18.0 Å². The highest BCUT2D eigenvalue weighted by Gasteiger charge is 2.52. The van der Waals surface area contributed by atoms with Crippen molar-refractivity contribution in [3.63, 3.8) is 0 Å². The number of rotatable bonds is 1. The van der Waals surface area contributed by atoms with Gasteiger partial charge in [0.25, 0.3) is 5.91 Å². The number of alkyl halides is 3. The van der Waals surface area contributed by atoms with Crippen molar-refractivity contribution in [3.05, 3.63) is 0 Å². The molecule has 1 amide bonds. The molecule has 3 fully saturated rings. The molecule has 2 saturated carbocycles. The van der Waals surface area contributed by atoms with Gasteiger partial charge in [-0.1, -0.05) is 0 Å².